The number of anilines is 1. The van der Waals surface area contributed by atoms with Crippen molar-refractivity contribution in [2.75, 3.05) is 5.32 Å². The van der Waals surface area contributed by atoms with E-state index in [0.717, 1.165) is 16.6 Å². The maximum atomic E-state index is 6.19. The first-order valence-corrected chi connectivity index (χ1v) is 7.62. The molecule has 1 unspecified atom stereocenters. The van der Waals surface area contributed by atoms with E-state index in [1.807, 2.05) is 24.3 Å². The van der Waals surface area contributed by atoms with Crippen LogP contribution in [0.25, 0.3) is 0 Å². The van der Waals surface area contributed by atoms with Crippen LogP contribution in [0.5, 0.6) is 0 Å². The second-order valence-electron chi connectivity index (χ2n) is 4.28. The van der Waals surface area contributed by atoms with Gasteiger partial charge in [0.2, 0.25) is 0 Å². The molecule has 0 spiro atoms. The van der Waals surface area contributed by atoms with Gasteiger partial charge in [0.05, 0.1) is 16.8 Å². The largest absolute Gasteiger partial charge is 0.377 e. The van der Waals surface area contributed by atoms with Gasteiger partial charge in [-0.3, -0.25) is 0 Å². The number of benzene rings is 2. The van der Waals surface area contributed by atoms with Crippen LogP contribution in [0.1, 0.15) is 24.9 Å². The topological polar surface area (TPSA) is 12.0 Å². The van der Waals surface area contributed by atoms with Crippen LogP contribution in [-0.4, -0.2) is 0 Å². The van der Waals surface area contributed by atoms with E-state index in [0.29, 0.717) is 10.0 Å². The molecule has 2 aromatic carbocycles. The van der Waals surface area contributed by atoms with Crippen LogP contribution in [0.15, 0.2) is 46.9 Å². The van der Waals surface area contributed by atoms with E-state index in [9.17, 15) is 0 Å². The molecule has 1 N–H and O–H groups in total. The molecule has 0 fully saturated rings. The molecule has 1 atom stereocenters. The molecule has 0 aliphatic heterocycles. The lowest BCUT2D eigenvalue weighted by Crippen LogP contribution is -2.09. The molecule has 0 aliphatic carbocycles. The molecule has 19 heavy (non-hydrogen) atoms. The molecule has 2 aromatic rings. The summed E-state index contributed by atoms with van der Waals surface area (Å²) in [6.45, 7) is 2.14. The first kappa shape index (κ1) is 14.7. The van der Waals surface area contributed by atoms with Crippen molar-refractivity contribution in [2.45, 2.75) is 19.4 Å². The normalized spacial score (nSPS) is 12.2. The van der Waals surface area contributed by atoms with Crippen LogP contribution in [0.3, 0.4) is 0 Å². The summed E-state index contributed by atoms with van der Waals surface area (Å²) in [6, 6.07) is 14.0. The minimum atomic E-state index is 0.228. The van der Waals surface area contributed by atoms with Crippen molar-refractivity contribution in [3.63, 3.8) is 0 Å². The summed E-state index contributed by atoms with van der Waals surface area (Å²) in [5.41, 5.74) is 2.14. The van der Waals surface area contributed by atoms with Gasteiger partial charge in [0.1, 0.15) is 0 Å². The molecule has 0 saturated heterocycles. The summed E-state index contributed by atoms with van der Waals surface area (Å²) in [6.07, 6.45) is 0.973. The van der Waals surface area contributed by atoms with Gasteiger partial charge >= 0.3 is 0 Å². The van der Waals surface area contributed by atoms with Gasteiger partial charge in [-0.15, -0.1) is 0 Å². The van der Waals surface area contributed by atoms with Crippen LogP contribution < -0.4 is 5.32 Å². The molecule has 0 heterocycles. The highest BCUT2D eigenvalue weighted by molar-refractivity contribution is 9.10. The van der Waals surface area contributed by atoms with Gasteiger partial charge in [0, 0.05) is 9.50 Å². The van der Waals surface area contributed by atoms with E-state index in [-0.39, 0.29) is 6.04 Å². The molecular weight excluding hydrogens is 345 g/mol. The molecule has 4 heteroatoms. The predicted molar refractivity (Wildman–Crippen MR) is 87.3 cm³/mol. The van der Waals surface area contributed by atoms with Crippen LogP contribution in [0.4, 0.5) is 5.69 Å². The molecule has 2 rings (SSSR count). The molecule has 0 radical (unpaired) electrons. The van der Waals surface area contributed by atoms with Crippen molar-refractivity contribution in [3.8, 4) is 0 Å². The van der Waals surface area contributed by atoms with Gasteiger partial charge in [-0.25, -0.2) is 0 Å². The Morgan fingerprint density at radius 1 is 1.11 bits per heavy atom. The van der Waals surface area contributed by atoms with Crippen molar-refractivity contribution < 1.29 is 0 Å². The molecule has 0 saturated carbocycles. The van der Waals surface area contributed by atoms with Gasteiger partial charge in [0.25, 0.3) is 0 Å². The molecule has 1 nitrogen and oxygen atoms in total. The summed E-state index contributed by atoms with van der Waals surface area (Å²) in [7, 11) is 0. The van der Waals surface area contributed by atoms with Gasteiger partial charge in [-0.2, -0.15) is 0 Å². The number of hydrogen-bond donors (Lipinski definition) is 1. The van der Waals surface area contributed by atoms with E-state index in [4.69, 9.17) is 23.2 Å². The lowest BCUT2D eigenvalue weighted by Gasteiger charge is -2.20. The van der Waals surface area contributed by atoms with Crippen LogP contribution >= 0.6 is 39.1 Å². The van der Waals surface area contributed by atoms with Gasteiger partial charge in [-0.1, -0.05) is 58.2 Å². The zero-order valence-electron chi connectivity index (χ0n) is 10.5. The maximum absolute atomic E-state index is 6.19. The fourth-order valence-electron chi connectivity index (χ4n) is 1.91. The average Bonchev–Trinajstić information content (AvgIpc) is 2.39. The third kappa shape index (κ3) is 3.88. The van der Waals surface area contributed by atoms with E-state index in [1.54, 1.807) is 6.07 Å². The van der Waals surface area contributed by atoms with Crippen LogP contribution in [0.2, 0.25) is 10.0 Å². The second kappa shape index (κ2) is 6.65. The van der Waals surface area contributed by atoms with Crippen molar-refractivity contribution in [2.24, 2.45) is 0 Å². The smallest absolute Gasteiger partial charge is 0.0652 e. The minimum Gasteiger partial charge on any atom is -0.377 e. The Labute approximate surface area is 132 Å². The zero-order chi connectivity index (χ0) is 13.8. The Morgan fingerprint density at radius 3 is 2.37 bits per heavy atom. The fraction of sp³-hybridized carbons (Fsp3) is 0.200. The standard InChI is InChI=1S/C15H14BrCl2N/c1-2-14(10-3-5-11(16)6-4-10)19-15-8-7-12(17)9-13(15)18/h3-9,14,19H,2H2,1H3. The van der Waals surface area contributed by atoms with E-state index >= 15 is 0 Å². The zero-order valence-corrected chi connectivity index (χ0v) is 13.6. The summed E-state index contributed by atoms with van der Waals surface area (Å²) >= 11 is 15.5. The van der Waals surface area contributed by atoms with E-state index in [2.05, 4.69) is 40.3 Å². The van der Waals surface area contributed by atoms with Crippen molar-refractivity contribution in [1.29, 1.82) is 0 Å². The van der Waals surface area contributed by atoms with E-state index < -0.39 is 0 Å². The number of nitrogens with one attached hydrogen (secondary N) is 1. The molecule has 100 valence electrons. The maximum Gasteiger partial charge on any atom is 0.0652 e. The summed E-state index contributed by atoms with van der Waals surface area (Å²) in [5.74, 6) is 0. The minimum absolute atomic E-state index is 0.228. The number of rotatable bonds is 4. The quantitative estimate of drug-likeness (QED) is 0.674. The highest BCUT2D eigenvalue weighted by Crippen LogP contribution is 2.30. The van der Waals surface area contributed by atoms with Gasteiger partial charge in [0.15, 0.2) is 0 Å². The average molecular weight is 359 g/mol. The van der Waals surface area contributed by atoms with Crippen LogP contribution in [0, 0.1) is 0 Å². The Morgan fingerprint density at radius 2 is 1.79 bits per heavy atom. The lowest BCUT2D eigenvalue weighted by atomic mass is 10.0. The van der Waals surface area contributed by atoms with E-state index in [1.165, 1.54) is 5.56 Å². The molecule has 0 aliphatic rings. The van der Waals surface area contributed by atoms with Gasteiger partial charge in [-0.05, 0) is 42.3 Å². The molecule has 0 amide bonds. The first-order chi connectivity index (χ1) is 9.10. The third-order valence-corrected chi connectivity index (χ3v) is 4.02. The number of hydrogen-bond acceptors (Lipinski definition) is 1. The van der Waals surface area contributed by atoms with Crippen molar-refractivity contribution in [3.05, 3.63) is 62.5 Å². The summed E-state index contributed by atoms with van der Waals surface area (Å²) < 4.78 is 1.08. The monoisotopic (exact) mass is 357 g/mol. The van der Waals surface area contributed by atoms with Crippen molar-refractivity contribution >= 4 is 44.8 Å². The lowest BCUT2D eigenvalue weighted by molar-refractivity contribution is 0.749. The second-order valence-corrected chi connectivity index (χ2v) is 6.04. The molecular formula is C15H14BrCl2N. The Bertz CT molecular complexity index is 555. The van der Waals surface area contributed by atoms with Crippen LogP contribution in [-0.2, 0) is 0 Å². The SMILES string of the molecule is CCC(Nc1ccc(Cl)cc1Cl)c1ccc(Br)cc1. The molecule has 0 aromatic heterocycles. The highest BCUT2D eigenvalue weighted by Gasteiger charge is 2.11. The fourth-order valence-corrected chi connectivity index (χ4v) is 2.64. The van der Waals surface area contributed by atoms with Gasteiger partial charge < -0.3 is 5.32 Å². The number of halogens is 3. The first-order valence-electron chi connectivity index (χ1n) is 6.07. The molecule has 0 bridgehead atoms. The Kier molecular flexibility index (Phi) is 5.14. The Hall–Kier alpha value is -0.700. The predicted octanol–water partition coefficient (Wildman–Crippen LogP) is 6.32. The van der Waals surface area contributed by atoms with Crippen molar-refractivity contribution in [1.82, 2.24) is 0 Å². The Balaban J connectivity index is 2.21. The summed E-state index contributed by atoms with van der Waals surface area (Å²) in [5, 5.41) is 4.74. The third-order valence-electron chi connectivity index (χ3n) is 2.94. The highest BCUT2D eigenvalue weighted by atomic mass is 79.9. The summed E-state index contributed by atoms with van der Waals surface area (Å²) in [4.78, 5) is 0.